The molecule has 0 aliphatic heterocycles. The van der Waals surface area contributed by atoms with Gasteiger partial charge in [-0.25, -0.2) is 4.79 Å². The summed E-state index contributed by atoms with van der Waals surface area (Å²) in [6, 6.07) is 14.5. The third-order valence-electron chi connectivity index (χ3n) is 3.21. The SMILES string of the molecule is COc1ccc(N/C=C(/C#N)C(=O)Nc2cccc(C(=O)O)c2)cc1. The van der Waals surface area contributed by atoms with Crippen LogP contribution in [-0.2, 0) is 4.79 Å². The Labute approximate surface area is 144 Å². The predicted molar refractivity (Wildman–Crippen MR) is 92.3 cm³/mol. The van der Waals surface area contributed by atoms with E-state index in [4.69, 9.17) is 15.1 Å². The summed E-state index contributed by atoms with van der Waals surface area (Å²) < 4.78 is 5.05. The van der Waals surface area contributed by atoms with Gasteiger partial charge in [0.25, 0.3) is 5.91 Å². The molecule has 2 aromatic carbocycles. The van der Waals surface area contributed by atoms with E-state index in [0.717, 1.165) is 0 Å². The van der Waals surface area contributed by atoms with E-state index in [2.05, 4.69) is 10.6 Å². The first kappa shape index (κ1) is 17.6. The van der Waals surface area contributed by atoms with Gasteiger partial charge in [-0.1, -0.05) is 6.07 Å². The number of carboxylic acid groups (broad SMARTS) is 1. The van der Waals surface area contributed by atoms with Gasteiger partial charge in [0.15, 0.2) is 0 Å². The van der Waals surface area contributed by atoms with E-state index in [1.165, 1.54) is 30.5 Å². The largest absolute Gasteiger partial charge is 0.497 e. The average molecular weight is 337 g/mol. The lowest BCUT2D eigenvalue weighted by Crippen LogP contribution is -2.15. The summed E-state index contributed by atoms with van der Waals surface area (Å²) >= 11 is 0. The zero-order valence-corrected chi connectivity index (χ0v) is 13.3. The molecule has 0 atom stereocenters. The van der Waals surface area contributed by atoms with Gasteiger partial charge in [-0.15, -0.1) is 0 Å². The van der Waals surface area contributed by atoms with Crippen LogP contribution >= 0.6 is 0 Å². The molecule has 0 aliphatic carbocycles. The third-order valence-corrected chi connectivity index (χ3v) is 3.21. The number of nitriles is 1. The van der Waals surface area contributed by atoms with Gasteiger partial charge < -0.3 is 20.5 Å². The van der Waals surface area contributed by atoms with E-state index in [0.29, 0.717) is 11.4 Å². The Morgan fingerprint density at radius 3 is 2.48 bits per heavy atom. The molecule has 2 rings (SSSR count). The molecule has 0 saturated carbocycles. The van der Waals surface area contributed by atoms with Crippen molar-refractivity contribution in [3.63, 3.8) is 0 Å². The number of ether oxygens (including phenoxy) is 1. The highest BCUT2D eigenvalue weighted by Crippen LogP contribution is 2.16. The summed E-state index contributed by atoms with van der Waals surface area (Å²) in [4.78, 5) is 23.1. The monoisotopic (exact) mass is 337 g/mol. The average Bonchev–Trinajstić information content (AvgIpc) is 2.63. The van der Waals surface area contributed by atoms with Gasteiger partial charge in [0, 0.05) is 17.6 Å². The van der Waals surface area contributed by atoms with E-state index < -0.39 is 11.9 Å². The maximum Gasteiger partial charge on any atom is 0.335 e. The number of anilines is 2. The number of amides is 1. The summed E-state index contributed by atoms with van der Waals surface area (Å²) in [5.41, 5.74) is 0.845. The van der Waals surface area contributed by atoms with Gasteiger partial charge in [0.1, 0.15) is 17.4 Å². The number of carboxylic acids is 1. The molecule has 0 aromatic heterocycles. The quantitative estimate of drug-likeness (QED) is 0.552. The standard InChI is InChI=1S/C18H15N3O4/c1-25-16-7-5-14(6-8-16)20-11-13(10-19)17(22)21-15-4-2-3-12(9-15)18(23)24/h2-9,11,20H,1H3,(H,21,22)(H,23,24)/b13-11-. The van der Waals surface area contributed by atoms with Gasteiger partial charge in [-0.05, 0) is 42.5 Å². The molecule has 0 fully saturated rings. The molecule has 7 heteroatoms. The van der Waals surface area contributed by atoms with E-state index in [1.807, 2.05) is 0 Å². The number of carbonyl (C=O) groups excluding carboxylic acids is 1. The molecular formula is C18H15N3O4. The molecule has 3 N–H and O–H groups in total. The first-order valence-electron chi connectivity index (χ1n) is 7.19. The van der Waals surface area contributed by atoms with Crippen molar-refractivity contribution in [2.75, 3.05) is 17.7 Å². The number of nitrogens with one attached hydrogen (secondary N) is 2. The number of nitrogens with zero attached hydrogens (tertiary/aromatic N) is 1. The van der Waals surface area contributed by atoms with Crippen molar-refractivity contribution < 1.29 is 19.4 Å². The number of rotatable bonds is 6. The predicted octanol–water partition coefficient (Wildman–Crippen LogP) is 2.85. The highest BCUT2D eigenvalue weighted by molar-refractivity contribution is 6.07. The molecule has 2 aromatic rings. The fourth-order valence-corrected chi connectivity index (χ4v) is 1.92. The summed E-state index contributed by atoms with van der Waals surface area (Å²) in [6.45, 7) is 0. The first-order valence-corrected chi connectivity index (χ1v) is 7.19. The Morgan fingerprint density at radius 2 is 1.88 bits per heavy atom. The van der Waals surface area contributed by atoms with Crippen LogP contribution in [0.25, 0.3) is 0 Å². The number of hydrogen-bond acceptors (Lipinski definition) is 5. The minimum atomic E-state index is -1.10. The molecule has 0 heterocycles. The van der Waals surface area contributed by atoms with Crippen LogP contribution in [0, 0.1) is 11.3 Å². The molecule has 0 spiro atoms. The Balaban J connectivity index is 2.08. The summed E-state index contributed by atoms with van der Waals surface area (Å²) in [5.74, 6) is -1.06. The highest BCUT2D eigenvalue weighted by Gasteiger charge is 2.11. The lowest BCUT2D eigenvalue weighted by molar-refractivity contribution is -0.112. The second-order valence-electron chi connectivity index (χ2n) is 4.88. The second-order valence-corrected chi connectivity index (χ2v) is 4.88. The van der Waals surface area contributed by atoms with E-state index in [1.54, 1.807) is 37.4 Å². The Hall–Kier alpha value is -3.79. The molecule has 0 unspecified atom stereocenters. The maximum atomic E-state index is 12.1. The van der Waals surface area contributed by atoms with Crippen molar-refractivity contribution in [1.29, 1.82) is 5.26 Å². The number of methoxy groups -OCH3 is 1. The summed E-state index contributed by atoms with van der Waals surface area (Å²) in [5, 5.41) is 23.4. The lowest BCUT2D eigenvalue weighted by Gasteiger charge is -2.06. The maximum absolute atomic E-state index is 12.1. The molecule has 7 nitrogen and oxygen atoms in total. The Kier molecular flexibility index (Phi) is 5.74. The fraction of sp³-hybridized carbons (Fsp3) is 0.0556. The van der Waals surface area contributed by atoms with Crippen LogP contribution in [0.5, 0.6) is 5.75 Å². The number of carbonyl (C=O) groups is 2. The molecule has 1 amide bonds. The van der Waals surface area contributed by atoms with Crippen LogP contribution in [0.3, 0.4) is 0 Å². The van der Waals surface area contributed by atoms with Crippen LogP contribution in [0.1, 0.15) is 10.4 Å². The van der Waals surface area contributed by atoms with Crippen molar-refractivity contribution in [3.8, 4) is 11.8 Å². The minimum absolute atomic E-state index is 0.0386. The number of hydrogen-bond donors (Lipinski definition) is 3. The molecule has 0 aliphatic rings. The van der Waals surface area contributed by atoms with Gasteiger partial charge in [0.2, 0.25) is 0 Å². The van der Waals surface area contributed by atoms with Crippen molar-refractivity contribution in [2.24, 2.45) is 0 Å². The molecule has 0 bridgehead atoms. The minimum Gasteiger partial charge on any atom is -0.497 e. The van der Waals surface area contributed by atoms with Crippen molar-refractivity contribution in [2.45, 2.75) is 0 Å². The Bertz CT molecular complexity index is 851. The topological polar surface area (TPSA) is 111 Å². The summed E-state index contributed by atoms with van der Waals surface area (Å²) in [6.07, 6.45) is 1.28. The zero-order valence-electron chi connectivity index (χ0n) is 13.3. The van der Waals surface area contributed by atoms with Crippen LogP contribution in [0.15, 0.2) is 60.3 Å². The van der Waals surface area contributed by atoms with Gasteiger partial charge in [0.05, 0.1) is 12.7 Å². The van der Waals surface area contributed by atoms with Crippen LogP contribution < -0.4 is 15.4 Å². The normalized spacial score (nSPS) is 10.5. The molecule has 0 saturated heterocycles. The first-order chi connectivity index (χ1) is 12.0. The van der Waals surface area contributed by atoms with Crippen LogP contribution in [0.2, 0.25) is 0 Å². The number of aromatic carboxylic acids is 1. The summed E-state index contributed by atoms with van der Waals surface area (Å²) in [7, 11) is 1.56. The molecular weight excluding hydrogens is 322 g/mol. The van der Waals surface area contributed by atoms with Crippen LogP contribution in [0.4, 0.5) is 11.4 Å². The van der Waals surface area contributed by atoms with Crippen LogP contribution in [-0.4, -0.2) is 24.1 Å². The van der Waals surface area contributed by atoms with Gasteiger partial charge >= 0.3 is 5.97 Å². The Morgan fingerprint density at radius 1 is 1.16 bits per heavy atom. The van der Waals surface area contributed by atoms with E-state index >= 15 is 0 Å². The third kappa shape index (κ3) is 4.84. The van der Waals surface area contributed by atoms with Crippen molar-refractivity contribution >= 4 is 23.3 Å². The molecule has 126 valence electrons. The van der Waals surface area contributed by atoms with Crippen molar-refractivity contribution in [3.05, 3.63) is 65.9 Å². The zero-order chi connectivity index (χ0) is 18.2. The smallest absolute Gasteiger partial charge is 0.335 e. The van der Waals surface area contributed by atoms with E-state index in [9.17, 15) is 9.59 Å². The lowest BCUT2D eigenvalue weighted by atomic mass is 10.2. The molecule has 0 radical (unpaired) electrons. The van der Waals surface area contributed by atoms with Gasteiger partial charge in [-0.3, -0.25) is 4.79 Å². The number of benzene rings is 2. The highest BCUT2D eigenvalue weighted by atomic mass is 16.5. The second kappa shape index (κ2) is 8.17. The van der Waals surface area contributed by atoms with Gasteiger partial charge in [-0.2, -0.15) is 5.26 Å². The fourth-order valence-electron chi connectivity index (χ4n) is 1.92. The van der Waals surface area contributed by atoms with Crippen molar-refractivity contribution in [1.82, 2.24) is 0 Å². The van der Waals surface area contributed by atoms with E-state index in [-0.39, 0.29) is 16.8 Å². The molecule has 25 heavy (non-hydrogen) atoms.